The Labute approximate surface area is 122 Å². The number of hydrogen-bond donors (Lipinski definition) is 2. The van der Waals surface area contributed by atoms with E-state index in [4.69, 9.17) is 4.74 Å². The van der Waals surface area contributed by atoms with Gasteiger partial charge in [-0.3, -0.25) is 9.59 Å². The summed E-state index contributed by atoms with van der Waals surface area (Å²) in [4.78, 5) is 34.5. The van der Waals surface area contributed by atoms with E-state index in [9.17, 15) is 14.4 Å². The van der Waals surface area contributed by atoms with Crippen LogP contribution in [0.4, 0.5) is 5.69 Å². The maximum Gasteiger partial charge on any atom is 0.338 e. The SMILES string of the molecule is CCOC(=O)c1ccc(NC(=O)CNC(=O)C2CC2)cc1. The largest absolute Gasteiger partial charge is 0.462 e. The third kappa shape index (κ3) is 4.59. The predicted molar refractivity (Wildman–Crippen MR) is 76.8 cm³/mol. The molecule has 0 radical (unpaired) electrons. The first kappa shape index (κ1) is 15.0. The molecule has 1 aliphatic carbocycles. The number of ether oxygens (including phenoxy) is 1. The Balaban J connectivity index is 1.80. The van der Waals surface area contributed by atoms with Gasteiger partial charge in [0, 0.05) is 11.6 Å². The molecule has 0 aliphatic heterocycles. The van der Waals surface area contributed by atoms with Gasteiger partial charge in [0.15, 0.2) is 0 Å². The zero-order valence-electron chi connectivity index (χ0n) is 11.8. The van der Waals surface area contributed by atoms with Crippen LogP contribution in [0.5, 0.6) is 0 Å². The number of anilines is 1. The lowest BCUT2D eigenvalue weighted by atomic mass is 10.2. The maximum absolute atomic E-state index is 11.7. The van der Waals surface area contributed by atoms with E-state index in [1.807, 2.05) is 0 Å². The van der Waals surface area contributed by atoms with Crippen molar-refractivity contribution in [2.45, 2.75) is 19.8 Å². The van der Waals surface area contributed by atoms with E-state index in [0.717, 1.165) is 12.8 Å². The van der Waals surface area contributed by atoms with Crippen molar-refractivity contribution in [2.24, 2.45) is 5.92 Å². The Morgan fingerprint density at radius 3 is 2.43 bits per heavy atom. The highest BCUT2D eigenvalue weighted by atomic mass is 16.5. The average molecular weight is 290 g/mol. The van der Waals surface area contributed by atoms with Crippen molar-refractivity contribution in [3.8, 4) is 0 Å². The van der Waals surface area contributed by atoms with Crippen LogP contribution in [0.25, 0.3) is 0 Å². The first-order valence-electron chi connectivity index (χ1n) is 6.95. The summed E-state index contributed by atoms with van der Waals surface area (Å²) in [6, 6.07) is 6.40. The van der Waals surface area contributed by atoms with Crippen molar-refractivity contribution in [3.05, 3.63) is 29.8 Å². The number of hydrogen-bond acceptors (Lipinski definition) is 4. The molecule has 0 aromatic heterocycles. The van der Waals surface area contributed by atoms with Gasteiger partial charge in [-0.15, -0.1) is 0 Å². The van der Waals surface area contributed by atoms with Crippen molar-refractivity contribution < 1.29 is 19.1 Å². The molecule has 6 heteroatoms. The lowest BCUT2D eigenvalue weighted by molar-refractivity contribution is -0.125. The van der Waals surface area contributed by atoms with Gasteiger partial charge >= 0.3 is 5.97 Å². The Morgan fingerprint density at radius 1 is 1.19 bits per heavy atom. The van der Waals surface area contributed by atoms with Gasteiger partial charge < -0.3 is 15.4 Å². The summed E-state index contributed by atoms with van der Waals surface area (Å²) >= 11 is 0. The molecule has 112 valence electrons. The number of carbonyl (C=O) groups excluding carboxylic acids is 3. The lowest BCUT2D eigenvalue weighted by Gasteiger charge is -2.07. The fourth-order valence-corrected chi connectivity index (χ4v) is 1.77. The van der Waals surface area contributed by atoms with Gasteiger partial charge in [0.05, 0.1) is 18.7 Å². The summed E-state index contributed by atoms with van der Waals surface area (Å²) < 4.78 is 4.87. The van der Waals surface area contributed by atoms with Crippen LogP contribution in [0.1, 0.15) is 30.1 Å². The molecule has 2 rings (SSSR count). The summed E-state index contributed by atoms with van der Waals surface area (Å²) in [5.41, 5.74) is 0.991. The lowest BCUT2D eigenvalue weighted by Crippen LogP contribution is -2.33. The highest BCUT2D eigenvalue weighted by Gasteiger charge is 2.29. The van der Waals surface area contributed by atoms with Crippen LogP contribution < -0.4 is 10.6 Å². The molecule has 6 nitrogen and oxygen atoms in total. The highest BCUT2D eigenvalue weighted by Crippen LogP contribution is 2.28. The highest BCUT2D eigenvalue weighted by molar-refractivity contribution is 5.96. The molecule has 1 aromatic carbocycles. The van der Waals surface area contributed by atoms with Gasteiger partial charge in [-0.2, -0.15) is 0 Å². The average Bonchev–Trinajstić information content (AvgIpc) is 3.30. The molecule has 21 heavy (non-hydrogen) atoms. The van der Waals surface area contributed by atoms with Gasteiger partial charge in [-0.1, -0.05) is 0 Å². The molecule has 2 amide bonds. The van der Waals surface area contributed by atoms with Crippen LogP contribution >= 0.6 is 0 Å². The quantitative estimate of drug-likeness (QED) is 0.774. The molecule has 0 spiro atoms. The second-order valence-electron chi connectivity index (χ2n) is 4.84. The van der Waals surface area contributed by atoms with Gasteiger partial charge in [-0.25, -0.2) is 4.79 Å². The molecule has 0 heterocycles. The first-order chi connectivity index (χ1) is 10.1. The molecular formula is C15H18N2O4. The molecule has 2 N–H and O–H groups in total. The topological polar surface area (TPSA) is 84.5 Å². The third-order valence-corrected chi connectivity index (χ3v) is 3.05. The van der Waals surface area contributed by atoms with Crippen LogP contribution in [0.3, 0.4) is 0 Å². The molecule has 0 bridgehead atoms. The second kappa shape index (κ2) is 6.88. The number of esters is 1. The van der Waals surface area contributed by atoms with E-state index in [2.05, 4.69) is 10.6 Å². The smallest absolute Gasteiger partial charge is 0.338 e. The van der Waals surface area contributed by atoms with Gasteiger partial charge in [0.1, 0.15) is 0 Å². The normalized spacial score (nSPS) is 13.4. The Hall–Kier alpha value is -2.37. The van der Waals surface area contributed by atoms with Crippen LogP contribution in [0, 0.1) is 5.92 Å². The minimum absolute atomic E-state index is 0.0467. The van der Waals surface area contributed by atoms with Crippen molar-refractivity contribution in [1.82, 2.24) is 5.32 Å². The van der Waals surface area contributed by atoms with Crippen molar-refractivity contribution in [1.29, 1.82) is 0 Å². The van der Waals surface area contributed by atoms with Gasteiger partial charge in [0.2, 0.25) is 11.8 Å². The summed E-state index contributed by atoms with van der Waals surface area (Å²) in [6.07, 6.45) is 1.81. The van der Waals surface area contributed by atoms with Crippen molar-refractivity contribution in [3.63, 3.8) is 0 Å². The number of carbonyl (C=O) groups is 3. The summed E-state index contributed by atoms with van der Waals surface area (Å²) in [5.74, 6) is -0.676. The predicted octanol–water partition coefficient (Wildman–Crippen LogP) is 1.33. The van der Waals surface area contributed by atoms with Crippen LogP contribution in [-0.4, -0.2) is 30.9 Å². The molecular weight excluding hydrogens is 272 g/mol. The van der Waals surface area contributed by atoms with E-state index in [0.29, 0.717) is 17.9 Å². The Bertz CT molecular complexity index is 535. The van der Waals surface area contributed by atoms with Crippen molar-refractivity contribution >= 4 is 23.5 Å². The van der Waals surface area contributed by atoms with Crippen molar-refractivity contribution in [2.75, 3.05) is 18.5 Å². The number of benzene rings is 1. The molecule has 1 fully saturated rings. The van der Waals surface area contributed by atoms with Gasteiger partial charge in [0.25, 0.3) is 0 Å². The zero-order valence-corrected chi connectivity index (χ0v) is 11.8. The van der Waals surface area contributed by atoms with E-state index >= 15 is 0 Å². The molecule has 1 aromatic rings. The van der Waals surface area contributed by atoms with Crippen LogP contribution in [0.2, 0.25) is 0 Å². The number of amides is 2. The minimum atomic E-state index is -0.396. The summed E-state index contributed by atoms with van der Waals surface area (Å²) in [5, 5.41) is 5.23. The zero-order chi connectivity index (χ0) is 15.2. The fraction of sp³-hybridized carbons (Fsp3) is 0.400. The molecule has 1 saturated carbocycles. The van der Waals surface area contributed by atoms with E-state index < -0.39 is 5.97 Å². The second-order valence-corrected chi connectivity index (χ2v) is 4.84. The minimum Gasteiger partial charge on any atom is -0.462 e. The summed E-state index contributed by atoms with van der Waals surface area (Å²) in [7, 11) is 0. The number of nitrogens with one attached hydrogen (secondary N) is 2. The standard InChI is InChI=1S/C15H18N2O4/c1-2-21-15(20)11-5-7-12(8-6-11)17-13(18)9-16-14(19)10-3-4-10/h5-8,10H,2-4,9H2,1H3,(H,16,19)(H,17,18). The molecule has 0 atom stereocenters. The van der Waals surface area contributed by atoms with E-state index in [-0.39, 0.29) is 24.3 Å². The Morgan fingerprint density at radius 2 is 1.86 bits per heavy atom. The molecule has 1 aliphatic rings. The van der Waals surface area contributed by atoms with Gasteiger partial charge in [-0.05, 0) is 44.0 Å². The van der Waals surface area contributed by atoms with Crippen LogP contribution in [0.15, 0.2) is 24.3 Å². The Kier molecular flexibility index (Phi) is 4.92. The van der Waals surface area contributed by atoms with E-state index in [1.54, 1.807) is 31.2 Å². The molecule has 0 saturated heterocycles. The number of rotatable bonds is 6. The molecule has 0 unspecified atom stereocenters. The van der Waals surface area contributed by atoms with E-state index in [1.165, 1.54) is 0 Å². The summed E-state index contributed by atoms with van der Waals surface area (Å²) in [6.45, 7) is 2.01. The fourth-order valence-electron chi connectivity index (χ4n) is 1.77. The van der Waals surface area contributed by atoms with Crippen LogP contribution in [-0.2, 0) is 14.3 Å². The first-order valence-corrected chi connectivity index (χ1v) is 6.95. The third-order valence-electron chi connectivity index (χ3n) is 3.05. The maximum atomic E-state index is 11.7. The monoisotopic (exact) mass is 290 g/mol.